The Labute approximate surface area is 92.1 Å². The fourth-order valence-corrected chi connectivity index (χ4v) is 1.79. The molecule has 2 N–H and O–H groups in total. The molecule has 1 aliphatic rings. The third-order valence-electron chi connectivity index (χ3n) is 2.97. The Morgan fingerprint density at radius 2 is 2.07 bits per heavy atom. The van der Waals surface area contributed by atoms with Gasteiger partial charge in [0.15, 0.2) is 0 Å². The van der Waals surface area contributed by atoms with Gasteiger partial charge in [-0.25, -0.2) is 0 Å². The molecule has 0 amide bonds. The fraction of sp³-hybridized carbons (Fsp3) is 0.538. The van der Waals surface area contributed by atoms with Crippen LogP contribution >= 0.6 is 0 Å². The average molecular weight is 204 g/mol. The summed E-state index contributed by atoms with van der Waals surface area (Å²) in [7, 11) is 0. The Bertz CT molecular complexity index is 260. The van der Waals surface area contributed by atoms with Crippen molar-refractivity contribution in [2.24, 2.45) is 5.92 Å². The molecule has 1 fully saturated rings. The first-order valence-electron chi connectivity index (χ1n) is 5.74. The molecule has 15 heavy (non-hydrogen) atoms. The second-order valence-electron chi connectivity index (χ2n) is 4.10. The summed E-state index contributed by atoms with van der Waals surface area (Å²) in [6.45, 7) is 0. The van der Waals surface area contributed by atoms with E-state index in [1.54, 1.807) is 6.08 Å². The molecule has 1 aliphatic carbocycles. The molecule has 0 atom stereocenters. The molecule has 0 aromatic carbocycles. The van der Waals surface area contributed by atoms with Crippen LogP contribution in [0.3, 0.4) is 0 Å². The summed E-state index contributed by atoms with van der Waals surface area (Å²) in [6.07, 6.45) is 16.1. The molecule has 0 bridgehead atoms. The van der Waals surface area contributed by atoms with E-state index < -0.39 is 0 Å². The van der Waals surface area contributed by atoms with Crippen LogP contribution in [-0.2, 0) is 0 Å². The van der Waals surface area contributed by atoms with Crippen molar-refractivity contribution in [2.45, 2.75) is 38.5 Å². The zero-order valence-electron chi connectivity index (χ0n) is 9.21. The van der Waals surface area contributed by atoms with Crippen molar-refractivity contribution in [3.63, 3.8) is 0 Å². The Morgan fingerprint density at radius 1 is 1.27 bits per heavy atom. The van der Waals surface area contributed by atoms with Gasteiger partial charge in [-0.15, -0.1) is 0 Å². The minimum Gasteiger partial charge on any atom is -0.309 e. The minimum atomic E-state index is 0.909. The third-order valence-corrected chi connectivity index (χ3v) is 2.97. The molecule has 1 rings (SSSR count). The Morgan fingerprint density at radius 3 is 2.60 bits per heavy atom. The van der Waals surface area contributed by atoms with Gasteiger partial charge in [0.05, 0.1) is 0 Å². The van der Waals surface area contributed by atoms with E-state index in [4.69, 9.17) is 10.8 Å². The minimum absolute atomic E-state index is 0.909. The zero-order chi connectivity index (χ0) is 10.9. The van der Waals surface area contributed by atoms with Crippen LogP contribution in [0, 0.1) is 16.7 Å². The Hall–Kier alpha value is -1.18. The molecular formula is C13H20N2. The van der Waals surface area contributed by atoms with Gasteiger partial charge in [-0.1, -0.05) is 37.8 Å². The number of hydrogen-bond donors (Lipinski definition) is 2. The van der Waals surface area contributed by atoms with E-state index in [1.165, 1.54) is 44.5 Å². The Balaban J connectivity index is 2.17. The van der Waals surface area contributed by atoms with Crippen molar-refractivity contribution in [1.29, 1.82) is 10.8 Å². The average Bonchev–Trinajstić information content (AvgIpc) is 2.19. The van der Waals surface area contributed by atoms with Crippen LogP contribution < -0.4 is 0 Å². The summed E-state index contributed by atoms with van der Waals surface area (Å²) in [6, 6.07) is 0. The standard InChI is InChI=1S/C13H20N2/c14-10-4-9-13(11-15)6-2-1-5-12-7-3-8-12/h4,6,9-12,14-15H,1-3,5,7-8H2/b9-4-,13-6-,14-10?,15-11?. The summed E-state index contributed by atoms with van der Waals surface area (Å²) in [4.78, 5) is 0. The lowest BCUT2D eigenvalue weighted by atomic mass is 9.82. The molecule has 2 heteroatoms. The highest BCUT2D eigenvalue weighted by Gasteiger charge is 2.15. The van der Waals surface area contributed by atoms with E-state index in [0.717, 1.165) is 17.9 Å². The van der Waals surface area contributed by atoms with E-state index in [9.17, 15) is 0 Å². The molecule has 0 radical (unpaired) electrons. The van der Waals surface area contributed by atoms with Crippen LogP contribution in [0.4, 0.5) is 0 Å². The quantitative estimate of drug-likeness (QED) is 0.360. The van der Waals surface area contributed by atoms with Crippen LogP contribution in [0.15, 0.2) is 23.8 Å². The molecule has 0 aromatic rings. The van der Waals surface area contributed by atoms with Gasteiger partial charge in [0.2, 0.25) is 0 Å². The number of rotatable bonds is 7. The largest absolute Gasteiger partial charge is 0.309 e. The predicted octanol–water partition coefficient (Wildman–Crippen LogP) is 3.74. The van der Waals surface area contributed by atoms with E-state index in [-0.39, 0.29) is 0 Å². The van der Waals surface area contributed by atoms with Gasteiger partial charge in [0.1, 0.15) is 0 Å². The molecule has 0 aromatic heterocycles. The smallest absolute Gasteiger partial charge is 0.0247 e. The van der Waals surface area contributed by atoms with Crippen molar-refractivity contribution < 1.29 is 0 Å². The second-order valence-corrected chi connectivity index (χ2v) is 4.10. The zero-order valence-corrected chi connectivity index (χ0v) is 9.21. The Kier molecular flexibility index (Phi) is 5.67. The highest BCUT2D eigenvalue weighted by atomic mass is 14.3. The van der Waals surface area contributed by atoms with Gasteiger partial charge >= 0.3 is 0 Å². The maximum Gasteiger partial charge on any atom is 0.0247 e. The van der Waals surface area contributed by atoms with E-state index in [1.807, 2.05) is 6.08 Å². The molecule has 0 spiro atoms. The number of allylic oxidation sites excluding steroid dienone is 4. The van der Waals surface area contributed by atoms with E-state index >= 15 is 0 Å². The molecule has 1 saturated carbocycles. The lowest BCUT2D eigenvalue weighted by Gasteiger charge is -2.24. The highest BCUT2D eigenvalue weighted by molar-refractivity contribution is 5.82. The first-order valence-corrected chi connectivity index (χ1v) is 5.74. The van der Waals surface area contributed by atoms with Gasteiger partial charge in [-0.2, -0.15) is 0 Å². The van der Waals surface area contributed by atoms with Gasteiger partial charge in [0, 0.05) is 12.4 Å². The third kappa shape index (κ3) is 4.73. The summed E-state index contributed by atoms with van der Waals surface area (Å²) in [5.74, 6) is 0.985. The summed E-state index contributed by atoms with van der Waals surface area (Å²) < 4.78 is 0. The summed E-state index contributed by atoms with van der Waals surface area (Å²) in [5.41, 5.74) is 0.909. The van der Waals surface area contributed by atoms with Crippen molar-refractivity contribution in [2.75, 3.05) is 0 Å². The normalized spacial score (nSPS) is 17.7. The lowest BCUT2D eigenvalue weighted by Crippen LogP contribution is -2.10. The van der Waals surface area contributed by atoms with Crippen molar-refractivity contribution >= 4 is 12.4 Å². The summed E-state index contributed by atoms with van der Waals surface area (Å²) >= 11 is 0. The monoisotopic (exact) mass is 204 g/mol. The SMILES string of the molecule is N=C/C=C\C(C=N)=C\CCCC1CCC1. The highest BCUT2D eigenvalue weighted by Crippen LogP contribution is 2.30. The molecule has 0 aliphatic heterocycles. The topological polar surface area (TPSA) is 47.7 Å². The molecule has 0 saturated heterocycles. The maximum atomic E-state index is 7.19. The van der Waals surface area contributed by atoms with Crippen LogP contribution in [-0.4, -0.2) is 12.4 Å². The number of hydrogen-bond acceptors (Lipinski definition) is 2. The van der Waals surface area contributed by atoms with Crippen LogP contribution in [0.2, 0.25) is 0 Å². The van der Waals surface area contributed by atoms with Gasteiger partial charge in [-0.3, -0.25) is 0 Å². The van der Waals surface area contributed by atoms with Crippen LogP contribution in [0.25, 0.3) is 0 Å². The fourth-order valence-electron chi connectivity index (χ4n) is 1.79. The molecule has 2 nitrogen and oxygen atoms in total. The molecular weight excluding hydrogens is 184 g/mol. The van der Waals surface area contributed by atoms with Gasteiger partial charge < -0.3 is 10.8 Å². The second kappa shape index (κ2) is 7.16. The van der Waals surface area contributed by atoms with Crippen LogP contribution in [0.5, 0.6) is 0 Å². The van der Waals surface area contributed by atoms with Crippen LogP contribution in [0.1, 0.15) is 38.5 Å². The van der Waals surface area contributed by atoms with E-state index in [2.05, 4.69) is 6.08 Å². The molecule has 0 unspecified atom stereocenters. The predicted molar refractivity (Wildman–Crippen MR) is 66.0 cm³/mol. The number of nitrogens with one attached hydrogen (secondary N) is 2. The maximum absolute atomic E-state index is 7.19. The molecule has 0 heterocycles. The first-order chi connectivity index (χ1) is 7.36. The van der Waals surface area contributed by atoms with E-state index in [0.29, 0.717) is 0 Å². The van der Waals surface area contributed by atoms with Crippen molar-refractivity contribution in [3.05, 3.63) is 23.8 Å². The van der Waals surface area contributed by atoms with Gasteiger partial charge in [-0.05, 0) is 30.4 Å². The van der Waals surface area contributed by atoms with Crippen molar-refractivity contribution in [3.8, 4) is 0 Å². The molecule has 82 valence electrons. The summed E-state index contributed by atoms with van der Waals surface area (Å²) in [5, 5.41) is 14.0. The first kappa shape index (κ1) is 11.9. The van der Waals surface area contributed by atoms with Crippen molar-refractivity contribution in [1.82, 2.24) is 0 Å². The lowest BCUT2D eigenvalue weighted by molar-refractivity contribution is 0.290. The van der Waals surface area contributed by atoms with Gasteiger partial charge in [0.25, 0.3) is 0 Å². The number of unbranched alkanes of at least 4 members (excludes halogenated alkanes) is 1.